The summed E-state index contributed by atoms with van der Waals surface area (Å²) in [5.41, 5.74) is 2.34. The Kier molecular flexibility index (Phi) is 18.4. The topological polar surface area (TPSA) is 170 Å². The molecule has 71 heavy (non-hydrogen) atoms. The molecule has 0 saturated carbocycles. The molecule has 0 aliphatic heterocycles. The Balaban J connectivity index is 1.18. The first-order valence-electron chi connectivity index (χ1n) is 25.2. The number of aromatic nitrogens is 5. The van der Waals surface area contributed by atoms with Crippen LogP contribution in [-0.2, 0) is 19.6 Å². The highest BCUT2D eigenvalue weighted by atomic mass is 35.5. The van der Waals surface area contributed by atoms with Crippen molar-refractivity contribution in [3.63, 3.8) is 0 Å². The van der Waals surface area contributed by atoms with Gasteiger partial charge in [0.25, 0.3) is 5.91 Å². The number of rotatable bonds is 26. The molecule has 0 radical (unpaired) electrons. The molecule has 2 N–H and O–H groups in total. The number of para-hydroxylation sites is 2. The molecule has 2 heterocycles. The van der Waals surface area contributed by atoms with E-state index in [4.69, 9.17) is 11.6 Å². The predicted molar refractivity (Wildman–Crippen MR) is 280 cm³/mol. The van der Waals surface area contributed by atoms with Gasteiger partial charge in [-0.25, -0.2) is 17.9 Å². The van der Waals surface area contributed by atoms with Crippen molar-refractivity contribution in [3.05, 3.63) is 142 Å². The first kappa shape index (κ1) is 52.7. The molecule has 0 saturated heterocycles. The van der Waals surface area contributed by atoms with E-state index in [0.29, 0.717) is 35.3 Å². The number of fused-ring (bicyclic) bond motifs is 1. The molecule has 0 fully saturated rings. The van der Waals surface area contributed by atoms with Crippen molar-refractivity contribution in [2.45, 2.75) is 133 Å². The minimum absolute atomic E-state index is 0.0117. The van der Waals surface area contributed by atoms with E-state index in [1.54, 1.807) is 44.4 Å². The van der Waals surface area contributed by atoms with E-state index in [2.05, 4.69) is 27.4 Å². The minimum Gasteiger partial charge on any atom is -0.348 e. The summed E-state index contributed by atoms with van der Waals surface area (Å²) >= 11 is 6.69. The lowest BCUT2D eigenvalue weighted by Crippen LogP contribution is -2.40. The lowest BCUT2D eigenvalue weighted by Gasteiger charge is -2.22. The zero-order valence-electron chi connectivity index (χ0n) is 41.4. The van der Waals surface area contributed by atoms with Crippen molar-refractivity contribution >= 4 is 44.9 Å². The number of carbonyl (C=O) groups is 3. The highest BCUT2D eigenvalue weighted by Gasteiger charge is 2.46. The summed E-state index contributed by atoms with van der Waals surface area (Å²) in [6.45, 7) is 4.47. The van der Waals surface area contributed by atoms with Gasteiger partial charge in [0.05, 0.1) is 38.5 Å². The molecular weight excluding hydrogens is 936 g/mol. The maximum atomic E-state index is 16.0. The summed E-state index contributed by atoms with van der Waals surface area (Å²) < 4.78 is 33.7. The van der Waals surface area contributed by atoms with Gasteiger partial charge in [-0.15, -0.1) is 0 Å². The molecule has 4 aromatic carbocycles. The fourth-order valence-corrected chi connectivity index (χ4v) is 11.0. The summed E-state index contributed by atoms with van der Waals surface area (Å²) in [6, 6.07) is 29.0. The van der Waals surface area contributed by atoms with E-state index in [0.717, 1.165) is 40.0 Å². The number of halogens is 1. The van der Waals surface area contributed by atoms with Crippen molar-refractivity contribution in [1.29, 1.82) is 0 Å². The van der Waals surface area contributed by atoms with Crippen molar-refractivity contribution in [1.82, 2.24) is 34.0 Å². The zero-order valence-corrected chi connectivity index (χ0v) is 42.9. The summed E-state index contributed by atoms with van der Waals surface area (Å²) in [5, 5.41) is 10.9. The number of ketones is 1. The van der Waals surface area contributed by atoms with Gasteiger partial charge in [0.2, 0.25) is 22.0 Å². The van der Waals surface area contributed by atoms with Gasteiger partial charge < -0.3 is 14.8 Å². The zero-order chi connectivity index (χ0) is 50.5. The Hall–Kier alpha value is -6.16. The van der Waals surface area contributed by atoms with Gasteiger partial charge in [0.15, 0.2) is 5.78 Å². The molecule has 1 aliphatic carbocycles. The number of hydrogen-bond acceptors (Lipinski definition) is 8. The van der Waals surface area contributed by atoms with Crippen molar-refractivity contribution in [3.8, 4) is 22.6 Å². The monoisotopic (exact) mass is 1000 g/mol. The predicted octanol–water partition coefficient (Wildman–Crippen LogP) is 11.0. The van der Waals surface area contributed by atoms with Crippen molar-refractivity contribution < 1.29 is 22.8 Å². The van der Waals surface area contributed by atoms with Crippen LogP contribution in [0, 0.1) is 0 Å². The number of nitrogens with zero attached hydrogens (tertiary/aromatic N) is 6. The number of nitrogens with one attached hydrogen (secondary N) is 2. The molecule has 3 unspecified atom stereocenters. The van der Waals surface area contributed by atoms with Gasteiger partial charge in [-0.3, -0.25) is 14.4 Å². The standard InChI is InChI=1S/C55H67ClN8O6S/c1-5-6-7-8-9-10-11-12-13-14-15-16-17-27-36-57-71(69,70)43-34-35-45(56)46(38-43)58-53(66)51(64-55(68)63(59-60-64)42-32-25-20-26-33-42)52(65)48-47-44(54(67)61(3)4)37-39(2)49(47)62(41-30-23-19-24-31-41)50(48)40-28-21-18-22-29-40/h18-26,28-35,38-39,44,51,57H,5-17,27,36-37H2,1-4H3,(H,58,66). The van der Waals surface area contributed by atoms with Gasteiger partial charge in [-0.05, 0) is 82.8 Å². The van der Waals surface area contributed by atoms with Gasteiger partial charge >= 0.3 is 5.69 Å². The summed E-state index contributed by atoms with van der Waals surface area (Å²) in [5.74, 6) is -3.11. The van der Waals surface area contributed by atoms with Crippen molar-refractivity contribution in [2.75, 3.05) is 26.0 Å². The largest absolute Gasteiger partial charge is 0.369 e. The molecule has 2 aromatic heterocycles. The number of carbonyl (C=O) groups excluding carboxylic acids is 3. The molecule has 2 amide bonds. The molecule has 0 spiro atoms. The molecular formula is C55H67ClN8O6S. The highest BCUT2D eigenvalue weighted by Crippen LogP contribution is 2.51. The second-order valence-electron chi connectivity index (χ2n) is 18.8. The van der Waals surface area contributed by atoms with Crippen LogP contribution in [0.25, 0.3) is 22.6 Å². The number of tetrazole rings is 1. The number of hydrogen-bond donors (Lipinski definition) is 2. The third-order valence-electron chi connectivity index (χ3n) is 13.4. The Labute approximate surface area is 422 Å². The molecule has 14 nitrogen and oxygen atoms in total. The average Bonchev–Trinajstić information content (AvgIpc) is 4.04. The average molecular weight is 1000 g/mol. The number of unbranched alkanes of at least 4 members (excludes halogenated alkanes) is 13. The highest BCUT2D eigenvalue weighted by molar-refractivity contribution is 7.89. The third-order valence-corrected chi connectivity index (χ3v) is 15.2. The van der Waals surface area contributed by atoms with Gasteiger partial charge in [0.1, 0.15) is 0 Å². The number of benzene rings is 4. The molecule has 3 atom stereocenters. The third kappa shape index (κ3) is 12.5. The molecule has 0 bridgehead atoms. The number of anilines is 1. The first-order valence-corrected chi connectivity index (χ1v) is 27.0. The second kappa shape index (κ2) is 24.8. The minimum atomic E-state index is -4.06. The number of amides is 2. The quantitative estimate of drug-likeness (QED) is 0.0307. The lowest BCUT2D eigenvalue weighted by molar-refractivity contribution is -0.130. The van der Waals surface area contributed by atoms with Crippen LogP contribution >= 0.6 is 11.6 Å². The first-order chi connectivity index (χ1) is 34.3. The summed E-state index contributed by atoms with van der Waals surface area (Å²) in [4.78, 5) is 61.1. The SMILES string of the molecule is CCCCCCCCCCCCCCCCNS(=O)(=O)c1ccc(Cl)c(NC(=O)C(C(=O)c2c3c(n(-c4ccccc4)c2-c2ccccc2)C(C)CC3C(=O)N(C)C)n2nnn(-c3ccccc3)c2=O)c1. The normalized spacial score (nSPS) is 14.8. The van der Waals surface area contributed by atoms with E-state index in [1.165, 1.54) is 87.3 Å². The smallest absolute Gasteiger partial charge is 0.348 e. The number of sulfonamides is 1. The van der Waals surface area contributed by atoms with E-state index in [-0.39, 0.29) is 39.5 Å². The van der Waals surface area contributed by atoms with E-state index in [1.807, 2.05) is 72.2 Å². The van der Waals surface area contributed by atoms with Crippen LogP contribution in [0.4, 0.5) is 5.69 Å². The van der Waals surface area contributed by atoms with Gasteiger partial charge in [-0.2, -0.15) is 9.36 Å². The van der Waals surface area contributed by atoms with E-state index < -0.39 is 39.4 Å². The molecule has 1 aliphatic rings. The molecule has 7 rings (SSSR count). The summed E-state index contributed by atoms with van der Waals surface area (Å²) in [6.07, 6.45) is 17.0. The maximum absolute atomic E-state index is 16.0. The van der Waals surface area contributed by atoms with Crippen molar-refractivity contribution in [2.24, 2.45) is 0 Å². The van der Waals surface area contributed by atoms with Crippen LogP contribution in [-0.4, -0.2) is 75.9 Å². The van der Waals surface area contributed by atoms with Crippen LogP contribution in [0.3, 0.4) is 0 Å². The Morgan fingerprint density at radius 3 is 1.87 bits per heavy atom. The van der Waals surface area contributed by atoms with Crippen LogP contribution in [0.5, 0.6) is 0 Å². The lowest BCUT2D eigenvalue weighted by atomic mass is 9.90. The number of Topliss-reactive ketones (excluding diaryl/α,β-unsaturated/α-hetero) is 1. The molecule has 16 heteroatoms. The molecule has 6 aromatic rings. The number of likely N-dealkylation sites (N-methyl/N-ethyl adjacent to an activating group) is 1. The second-order valence-corrected chi connectivity index (χ2v) is 21.0. The van der Waals surface area contributed by atoms with Gasteiger partial charge in [0, 0.05) is 32.0 Å². The Morgan fingerprint density at radius 2 is 1.30 bits per heavy atom. The van der Waals surface area contributed by atoms with Crippen LogP contribution < -0.4 is 15.7 Å². The van der Waals surface area contributed by atoms with Crippen LogP contribution in [0.15, 0.2) is 119 Å². The maximum Gasteiger partial charge on any atom is 0.369 e. The van der Waals surface area contributed by atoms with E-state index in [9.17, 15) is 18.0 Å². The fraction of sp³-hybridized carbons (Fsp3) is 0.418. The fourth-order valence-electron chi connectivity index (χ4n) is 9.74. The summed E-state index contributed by atoms with van der Waals surface area (Å²) in [7, 11) is -0.744. The molecule has 376 valence electrons. The Morgan fingerprint density at radius 1 is 0.746 bits per heavy atom. The van der Waals surface area contributed by atoms with Crippen LogP contribution in [0.2, 0.25) is 5.02 Å². The van der Waals surface area contributed by atoms with E-state index >= 15 is 9.59 Å². The Bertz CT molecular complexity index is 2920. The van der Waals surface area contributed by atoms with Gasteiger partial charge in [-0.1, -0.05) is 176 Å². The van der Waals surface area contributed by atoms with Crippen LogP contribution in [0.1, 0.15) is 150 Å².